The van der Waals surface area contributed by atoms with Crippen LogP contribution >= 0.6 is 11.6 Å². The molecule has 2 aromatic carbocycles. The molecule has 0 aliphatic heterocycles. The summed E-state index contributed by atoms with van der Waals surface area (Å²) in [6, 6.07) is 11.2. The third-order valence-corrected chi connectivity index (χ3v) is 4.32. The summed E-state index contributed by atoms with van der Waals surface area (Å²) in [5.74, 6) is 0.268. The van der Waals surface area contributed by atoms with Gasteiger partial charge in [0.05, 0.1) is 0 Å². The minimum atomic E-state index is -0.148. The predicted molar refractivity (Wildman–Crippen MR) is 105 cm³/mol. The van der Waals surface area contributed by atoms with E-state index in [1.54, 1.807) is 12.1 Å². The molecule has 3 nitrogen and oxygen atoms in total. The van der Waals surface area contributed by atoms with Crippen LogP contribution in [0.1, 0.15) is 38.3 Å². The molecule has 4 heteroatoms. The molecule has 0 aliphatic rings. The van der Waals surface area contributed by atoms with Crippen LogP contribution < -0.4 is 11.1 Å². The zero-order valence-corrected chi connectivity index (χ0v) is 15.2. The molecule has 0 aromatic heterocycles. The number of hydrogen-bond acceptors (Lipinski definition) is 3. The third kappa shape index (κ3) is 4.45. The number of nitrogens with two attached hydrogens (primary N) is 1. The summed E-state index contributed by atoms with van der Waals surface area (Å²) in [6.07, 6.45) is 4.78. The normalized spacial score (nSPS) is 11.8. The largest absolute Gasteiger partial charge is 0.507 e. The summed E-state index contributed by atoms with van der Waals surface area (Å²) >= 11 is 6.10. The van der Waals surface area contributed by atoms with Gasteiger partial charge in [-0.15, -0.1) is 0 Å². The topological polar surface area (TPSA) is 58.3 Å². The summed E-state index contributed by atoms with van der Waals surface area (Å²) in [5, 5.41) is 14.0. The van der Waals surface area contributed by atoms with Crippen molar-refractivity contribution in [2.24, 2.45) is 0 Å². The SMILES string of the molecule is CCNc1ccc(/C=C/CC(C)(C)c2cc(Cl)ccc2N)c(O)c1. The molecular weight excluding hydrogens is 320 g/mol. The maximum atomic E-state index is 10.1. The standard InChI is InChI=1S/C20H25ClN2O/c1-4-23-16-9-7-14(19(24)13-16)6-5-11-20(2,3)17-12-15(21)8-10-18(17)22/h5-10,12-13,23-24H,4,11,22H2,1-3H3/b6-5+. The number of phenols is 1. The molecular formula is C20H25ClN2O. The van der Waals surface area contributed by atoms with E-state index >= 15 is 0 Å². The first-order valence-electron chi connectivity index (χ1n) is 8.12. The average molecular weight is 345 g/mol. The number of nitrogen functional groups attached to an aromatic ring is 1. The Bertz CT molecular complexity index is 738. The lowest BCUT2D eigenvalue weighted by Gasteiger charge is -2.25. The molecule has 0 aliphatic carbocycles. The molecule has 0 bridgehead atoms. The Morgan fingerprint density at radius 2 is 1.96 bits per heavy atom. The van der Waals surface area contributed by atoms with Gasteiger partial charge in [-0.25, -0.2) is 0 Å². The van der Waals surface area contributed by atoms with Crippen molar-refractivity contribution in [3.63, 3.8) is 0 Å². The lowest BCUT2D eigenvalue weighted by Crippen LogP contribution is -2.18. The van der Waals surface area contributed by atoms with Crippen molar-refractivity contribution >= 4 is 29.1 Å². The highest BCUT2D eigenvalue weighted by Gasteiger charge is 2.22. The zero-order valence-electron chi connectivity index (χ0n) is 14.4. The first-order chi connectivity index (χ1) is 11.3. The fourth-order valence-electron chi connectivity index (χ4n) is 2.70. The number of benzene rings is 2. The van der Waals surface area contributed by atoms with Gasteiger partial charge in [-0.1, -0.05) is 37.6 Å². The zero-order chi connectivity index (χ0) is 17.7. The molecule has 0 heterocycles. The number of nitrogens with one attached hydrogen (secondary N) is 1. The van der Waals surface area contributed by atoms with Gasteiger partial charge >= 0.3 is 0 Å². The minimum Gasteiger partial charge on any atom is -0.507 e. The van der Waals surface area contributed by atoms with Crippen molar-refractivity contribution in [3.05, 3.63) is 58.6 Å². The summed E-state index contributed by atoms with van der Waals surface area (Å²) < 4.78 is 0. The van der Waals surface area contributed by atoms with Crippen LogP contribution in [0.15, 0.2) is 42.5 Å². The van der Waals surface area contributed by atoms with Crippen LogP contribution in [0.3, 0.4) is 0 Å². The van der Waals surface area contributed by atoms with Gasteiger partial charge in [0, 0.05) is 34.6 Å². The fourth-order valence-corrected chi connectivity index (χ4v) is 2.88. The van der Waals surface area contributed by atoms with Crippen LogP contribution in [0.5, 0.6) is 5.75 Å². The molecule has 0 radical (unpaired) electrons. The van der Waals surface area contributed by atoms with Gasteiger partial charge in [0.25, 0.3) is 0 Å². The van der Waals surface area contributed by atoms with Crippen LogP contribution in [-0.4, -0.2) is 11.7 Å². The van der Waals surface area contributed by atoms with Crippen LogP contribution in [0.2, 0.25) is 5.02 Å². The molecule has 0 saturated carbocycles. The highest BCUT2D eigenvalue weighted by molar-refractivity contribution is 6.30. The maximum absolute atomic E-state index is 10.1. The number of aromatic hydroxyl groups is 1. The minimum absolute atomic E-state index is 0.148. The Morgan fingerprint density at radius 3 is 2.62 bits per heavy atom. The van der Waals surface area contributed by atoms with Gasteiger partial charge in [0.15, 0.2) is 0 Å². The van der Waals surface area contributed by atoms with E-state index in [0.29, 0.717) is 5.02 Å². The van der Waals surface area contributed by atoms with Crippen molar-refractivity contribution < 1.29 is 5.11 Å². The summed E-state index contributed by atoms with van der Waals surface area (Å²) in [5.41, 5.74) is 9.44. The molecule has 0 unspecified atom stereocenters. The second kappa shape index (κ2) is 7.63. The van der Waals surface area contributed by atoms with Crippen LogP contribution in [0.25, 0.3) is 6.08 Å². The molecule has 0 amide bonds. The highest BCUT2D eigenvalue weighted by atomic mass is 35.5. The van der Waals surface area contributed by atoms with E-state index < -0.39 is 0 Å². The Morgan fingerprint density at radius 1 is 1.21 bits per heavy atom. The molecule has 0 atom stereocenters. The van der Waals surface area contributed by atoms with E-state index in [9.17, 15) is 5.11 Å². The Hall–Kier alpha value is -2.13. The Kier molecular flexibility index (Phi) is 5.79. The number of halogens is 1. The van der Waals surface area contributed by atoms with Gasteiger partial charge in [0.1, 0.15) is 5.75 Å². The number of anilines is 2. The van der Waals surface area contributed by atoms with E-state index in [4.69, 9.17) is 17.3 Å². The number of hydrogen-bond donors (Lipinski definition) is 3. The summed E-state index contributed by atoms with van der Waals surface area (Å²) in [6.45, 7) is 7.11. The lowest BCUT2D eigenvalue weighted by atomic mass is 9.80. The highest BCUT2D eigenvalue weighted by Crippen LogP contribution is 2.34. The first-order valence-corrected chi connectivity index (χ1v) is 8.50. The molecule has 2 rings (SSSR count). The van der Waals surface area contributed by atoms with Crippen molar-refractivity contribution in [1.29, 1.82) is 0 Å². The van der Waals surface area contributed by atoms with Gasteiger partial charge in [-0.05, 0) is 54.7 Å². The van der Waals surface area contributed by atoms with Crippen LogP contribution in [0.4, 0.5) is 11.4 Å². The molecule has 128 valence electrons. The Balaban J connectivity index is 2.14. The molecule has 0 saturated heterocycles. The molecule has 0 spiro atoms. The van der Waals surface area contributed by atoms with E-state index in [1.165, 1.54) is 0 Å². The van der Waals surface area contributed by atoms with Crippen molar-refractivity contribution in [2.75, 3.05) is 17.6 Å². The van der Waals surface area contributed by atoms with Crippen molar-refractivity contribution in [2.45, 2.75) is 32.6 Å². The van der Waals surface area contributed by atoms with Gasteiger partial charge < -0.3 is 16.2 Å². The van der Waals surface area contributed by atoms with Crippen molar-refractivity contribution in [3.8, 4) is 5.75 Å². The monoisotopic (exact) mass is 344 g/mol. The van der Waals surface area contributed by atoms with Gasteiger partial charge in [0.2, 0.25) is 0 Å². The summed E-state index contributed by atoms with van der Waals surface area (Å²) in [4.78, 5) is 0. The number of phenolic OH excluding ortho intramolecular Hbond substituents is 1. The second-order valence-corrected chi connectivity index (χ2v) is 6.96. The van der Waals surface area contributed by atoms with Crippen LogP contribution in [-0.2, 0) is 5.41 Å². The smallest absolute Gasteiger partial charge is 0.124 e. The first kappa shape index (κ1) is 18.2. The third-order valence-electron chi connectivity index (χ3n) is 4.08. The quantitative estimate of drug-likeness (QED) is 0.611. The van der Waals surface area contributed by atoms with E-state index in [-0.39, 0.29) is 11.2 Å². The molecule has 2 aromatic rings. The predicted octanol–water partition coefficient (Wildman–Crippen LogP) is 5.44. The molecule has 24 heavy (non-hydrogen) atoms. The van der Waals surface area contributed by atoms with E-state index in [1.807, 2.05) is 37.3 Å². The average Bonchev–Trinajstić information content (AvgIpc) is 2.52. The maximum Gasteiger partial charge on any atom is 0.124 e. The van der Waals surface area contributed by atoms with E-state index in [0.717, 1.165) is 35.5 Å². The van der Waals surface area contributed by atoms with Gasteiger partial charge in [-0.3, -0.25) is 0 Å². The van der Waals surface area contributed by atoms with E-state index in [2.05, 4.69) is 25.2 Å². The number of allylic oxidation sites excluding steroid dienone is 1. The molecule has 0 fully saturated rings. The Labute approximate surface area is 149 Å². The fraction of sp³-hybridized carbons (Fsp3) is 0.300. The lowest BCUT2D eigenvalue weighted by molar-refractivity contribution is 0.474. The van der Waals surface area contributed by atoms with Crippen LogP contribution in [0, 0.1) is 0 Å². The van der Waals surface area contributed by atoms with Crippen molar-refractivity contribution in [1.82, 2.24) is 0 Å². The van der Waals surface area contributed by atoms with Gasteiger partial charge in [-0.2, -0.15) is 0 Å². The summed E-state index contributed by atoms with van der Waals surface area (Å²) in [7, 11) is 0. The number of rotatable bonds is 6. The second-order valence-electron chi connectivity index (χ2n) is 6.53. The molecule has 4 N–H and O–H groups in total.